The number of amidine groups is 1. The molecular weight excluding hydrogens is 560 g/mol. The molecule has 3 aromatic carbocycles. The molecule has 0 aliphatic heterocycles. The number of hydrogen-bond acceptors (Lipinski definition) is 4. The Labute approximate surface area is 236 Å². The van der Waals surface area contributed by atoms with Crippen LogP contribution in [0.5, 0.6) is 5.75 Å². The third-order valence-corrected chi connectivity index (χ3v) is 8.26. The average Bonchev–Trinajstić information content (AvgIpc) is 3.50. The van der Waals surface area contributed by atoms with Gasteiger partial charge in [-0.3, -0.25) is 0 Å². The van der Waals surface area contributed by atoms with Gasteiger partial charge in [0, 0.05) is 22.3 Å². The smallest absolute Gasteiger partial charge is 0.435 e. The zero-order valence-electron chi connectivity index (χ0n) is 21.8. The van der Waals surface area contributed by atoms with Crippen LogP contribution in [0.15, 0.2) is 106 Å². The van der Waals surface area contributed by atoms with Gasteiger partial charge in [-0.15, -0.1) is 11.3 Å². The summed E-state index contributed by atoms with van der Waals surface area (Å²) in [5.74, 6) is 1.44. The highest BCUT2D eigenvalue weighted by Gasteiger charge is 2.40. The van der Waals surface area contributed by atoms with Crippen molar-refractivity contribution in [3.05, 3.63) is 122 Å². The Morgan fingerprint density at radius 1 is 0.947 bits per heavy atom. The first kappa shape index (κ1) is 27.6. The lowest BCUT2D eigenvalue weighted by Gasteiger charge is -2.44. The third kappa shape index (κ3) is 6.34. The molecule has 1 atom stereocenters. The van der Waals surface area contributed by atoms with Crippen molar-refractivity contribution in [3.63, 3.8) is 0 Å². The molecule has 4 aromatic rings. The van der Waals surface area contributed by atoms with E-state index in [0.717, 1.165) is 31.8 Å². The van der Waals surface area contributed by atoms with Crippen LogP contribution in [0, 0.1) is 0 Å². The fourth-order valence-electron chi connectivity index (χ4n) is 4.43. The van der Waals surface area contributed by atoms with Crippen LogP contribution in [0.4, 0.5) is 4.79 Å². The minimum atomic E-state index is -0.622. The van der Waals surface area contributed by atoms with E-state index < -0.39 is 11.6 Å². The lowest BCUT2D eigenvalue weighted by atomic mass is 9.87. The summed E-state index contributed by atoms with van der Waals surface area (Å²) in [6.07, 6.45) is -0.0618. The summed E-state index contributed by atoms with van der Waals surface area (Å²) < 4.78 is 11.9. The molecule has 0 spiro atoms. The second-order valence-electron chi connectivity index (χ2n) is 8.89. The molecule has 0 fully saturated rings. The Bertz CT molecular complexity index is 1360. The normalized spacial score (nSPS) is 13.0. The molecule has 1 amide bonds. The largest absolute Gasteiger partial charge is 0.497 e. The van der Waals surface area contributed by atoms with Crippen LogP contribution >= 0.6 is 27.3 Å². The van der Waals surface area contributed by atoms with Crippen LogP contribution in [0.25, 0.3) is 0 Å². The van der Waals surface area contributed by atoms with Crippen LogP contribution in [0.2, 0.25) is 0 Å². The molecule has 0 saturated heterocycles. The predicted molar refractivity (Wildman–Crippen MR) is 158 cm³/mol. The van der Waals surface area contributed by atoms with Gasteiger partial charge in [0.15, 0.2) is 0 Å². The van der Waals surface area contributed by atoms with Gasteiger partial charge in [0.2, 0.25) is 0 Å². The lowest BCUT2D eigenvalue weighted by molar-refractivity contribution is 0.149. The number of ether oxygens (including phenoxy) is 2. The van der Waals surface area contributed by atoms with E-state index in [1.54, 1.807) is 18.4 Å². The van der Waals surface area contributed by atoms with Crippen molar-refractivity contribution in [3.8, 4) is 5.75 Å². The summed E-state index contributed by atoms with van der Waals surface area (Å²) in [6.45, 7) is 4.89. The Kier molecular flexibility index (Phi) is 9.37. The number of amides is 1. The number of hydrogen-bond donors (Lipinski definition) is 0. The highest BCUT2D eigenvalue weighted by molar-refractivity contribution is 9.10. The predicted octanol–water partition coefficient (Wildman–Crippen LogP) is 8.43. The molecule has 1 unspecified atom stereocenters. The standard InChI is InChI=1S/C31H31BrN2O3S/c1-4-29(33-30(35)37-22-24-11-6-5-7-12-24)34(21-23-16-18-25(36-3)19-17-23)31(2,28-15-10-20-38-28)26-13-8-9-14-27(26)32/h5-20H,4,21-22H2,1-3H3/b33-29+. The molecule has 196 valence electrons. The molecule has 0 aliphatic rings. The molecule has 0 aliphatic carbocycles. The first-order valence-electron chi connectivity index (χ1n) is 12.4. The summed E-state index contributed by atoms with van der Waals surface area (Å²) >= 11 is 5.47. The van der Waals surface area contributed by atoms with Crippen LogP contribution < -0.4 is 4.74 Å². The fourth-order valence-corrected chi connectivity index (χ4v) is 6.01. The van der Waals surface area contributed by atoms with Crippen molar-refractivity contribution in [1.29, 1.82) is 0 Å². The van der Waals surface area contributed by atoms with Crippen LogP contribution in [-0.2, 0) is 23.4 Å². The molecule has 0 bridgehead atoms. The number of carbonyl (C=O) groups is 1. The Morgan fingerprint density at radius 2 is 1.66 bits per heavy atom. The van der Waals surface area contributed by atoms with E-state index in [2.05, 4.69) is 56.3 Å². The topological polar surface area (TPSA) is 51.1 Å². The van der Waals surface area contributed by atoms with Crippen LogP contribution in [-0.4, -0.2) is 23.9 Å². The van der Waals surface area contributed by atoms with Gasteiger partial charge in [0.1, 0.15) is 18.2 Å². The van der Waals surface area contributed by atoms with E-state index in [1.807, 2.05) is 79.7 Å². The van der Waals surface area contributed by atoms with Crippen molar-refractivity contribution < 1.29 is 14.3 Å². The monoisotopic (exact) mass is 590 g/mol. The summed E-state index contributed by atoms with van der Waals surface area (Å²) in [7, 11) is 1.66. The molecule has 4 rings (SSSR count). The number of methoxy groups -OCH3 is 1. The second-order valence-corrected chi connectivity index (χ2v) is 10.7. The number of aliphatic imine (C=N–C) groups is 1. The third-order valence-electron chi connectivity index (χ3n) is 6.49. The summed E-state index contributed by atoms with van der Waals surface area (Å²) in [4.78, 5) is 20.8. The Morgan fingerprint density at radius 3 is 2.29 bits per heavy atom. The molecular formula is C31H31BrN2O3S. The number of halogens is 1. The number of thiophene rings is 1. The molecule has 7 heteroatoms. The van der Waals surface area contributed by atoms with Gasteiger partial charge in [0.05, 0.1) is 12.6 Å². The fraction of sp³-hybridized carbons (Fsp3) is 0.226. The van der Waals surface area contributed by atoms with E-state index in [1.165, 1.54) is 0 Å². The second kappa shape index (κ2) is 12.9. The van der Waals surface area contributed by atoms with Crippen molar-refractivity contribution in [1.82, 2.24) is 4.90 Å². The Balaban J connectivity index is 1.78. The van der Waals surface area contributed by atoms with Gasteiger partial charge in [0.25, 0.3) is 0 Å². The van der Waals surface area contributed by atoms with E-state index in [-0.39, 0.29) is 6.61 Å². The van der Waals surface area contributed by atoms with Gasteiger partial charge >= 0.3 is 6.09 Å². The van der Waals surface area contributed by atoms with Gasteiger partial charge in [-0.25, -0.2) is 4.79 Å². The maximum atomic E-state index is 13.0. The first-order valence-corrected chi connectivity index (χ1v) is 14.1. The van der Waals surface area contributed by atoms with E-state index in [4.69, 9.17) is 9.47 Å². The quantitative estimate of drug-likeness (QED) is 0.145. The average molecular weight is 592 g/mol. The van der Waals surface area contributed by atoms with Crippen LogP contribution in [0.1, 0.15) is 41.8 Å². The number of rotatable bonds is 9. The maximum absolute atomic E-state index is 13.0. The molecule has 0 saturated carbocycles. The minimum absolute atomic E-state index is 0.172. The highest BCUT2D eigenvalue weighted by Crippen LogP contribution is 2.43. The minimum Gasteiger partial charge on any atom is -0.497 e. The molecule has 5 nitrogen and oxygen atoms in total. The summed E-state index contributed by atoms with van der Waals surface area (Å²) in [5.41, 5.74) is 2.44. The zero-order valence-corrected chi connectivity index (χ0v) is 24.2. The SMILES string of the molecule is CC/C(=N\C(=O)OCc1ccccc1)N(Cc1ccc(OC)cc1)C(C)(c1cccs1)c1ccccc1Br. The van der Waals surface area contributed by atoms with Crippen molar-refractivity contribution >= 4 is 39.2 Å². The van der Waals surface area contributed by atoms with E-state index in [0.29, 0.717) is 18.8 Å². The number of benzene rings is 3. The molecule has 1 aromatic heterocycles. The highest BCUT2D eigenvalue weighted by atomic mass is 79.9. The summed E-state index contributed by atoms with van der Waals surface area (Å²) in [5, 5.41) is 2.08. The number of nitrogens with zero attached hydrogens (tertiary/aromatic N) is 2. The zero-order chi connectivity index (χ0) is 27.0. The number of carbonyl (C=O) groups excluding carboxylic acids is 1. The molecule has 0 radical (unpaired) electrons. The van der Waals surface area contributed by atoms with Crippen molar-refractivity contribution in [2.24, 2.45) is 4.99 Å². The maximum Gasteiger partial charge on any atom is 0.435 e. The van der Waals surface area contributed by atoms with Gasteiger partial charge in [-0.1, -0.05) is 89.6 Å². The van der Waals surface area contributed by atoms with Gasteiger partial charge in [-0.2, -0.15) is 4.99 Å². The van der Waals surface area contributed by atoms with E-state index >= 15 is 0 Å². The van der Waals surface area contributed by atoms with E-state index in [9.17, 15) is 4.79 Å². The van der Waals surface area contributed by atoms with Gasteiger partial charge in [-0.05, 0) is 53.3 Å². The molecule has 1 heterocycles. The first-order chi connectivity index (χ1) is 18.5. The summed E-state index contributed by atoms with van der Waals surface area (Å²) in [6, 6.07) is 30.0. The van der Waals surface area contributed by atoms with Crippen molar-refractivity contribution in [2.75, 3.05) is 7.11 Å². The molecule has 0 N–H and O–H groups in total. The van der Waals surface area contributed by atoms with Gasteiger partial charge < -0.3 is 14.4 Å². The lowest BCUT2D eigenvalue weighted by Crippen LogP contribution is -2.48. The van der Waals surface area contributed by atoms with Crippen LogP contribution in [0.3, 0.4) is 0 Å². The molecule has 38 heavy (non-hydrogen) atoms. The Hall–Kier alpha value is -3.42. The van der Waals surface area contributed by atoms with Crippen molar-refractivity contribution in [2.45, 2.75) is 39.0 Å².